The fraction of sp³-hybridized carbons (Fsp3) is 0.583. The van der Waals surface area contributed by atoms with E-state index in [1.807, 2.05) is 13.8 Å². The Kier molecular flexibility index (Phi) is 5.65. The zero-order chi connectivity index (χ0) is 14.4. The van der Waals surface area contributed by atoms with Crippen LogP contribution in [0.25, 0.3) is 0 Å². The van der Waals surface area contributed by atoms with Crippen LogP contribution >= 0.6 is 0 Å². The molecule has 19 heavy (non-hydrogen) atoms. The highest BCUT2D eigenvalue weighted by molar-refractivity contribution is 5.27. The molecule has 1 aromatic heterocycles. The van der Waals surface area contributed by atoms with Crippen LogP contribution in [0.4, 0.5) is 5.69 Å². The Morgan fingerprint density at radius 2 is 1.89 bits per heavy atom. The van der Waals surface area contributed by atoms with Gasteiger partial charge in [0.05, 0.1) is 11.5 Å². The second-order valence-electron chi connectivity index (χ2n) is 3.87. The predicted molar refractivity (Wildman–Crippen MR) is 69.1 cm³/mol. The lowest BCUT2D eigenvalue weighted by Gasteiger charge is -2.19. The Balaban J connectivity index is 3.08. The largest absolute Gasteiger partial charge is 0.351 e. The van der Waals surface area contributed by atoms with Crippen LogP contribution in [0, 0.1) is 17.0 Å². The fourth-order valence-corrected chi connectivity index (χ4v) is 1.70. The van der Waals surface area contributed by atoms with Crippen LogP contribution in [0.2, 0.25) is 0 Å². The molecule has 0 atom stereocenters. The van der Waals surface area contributed by atoms with E-state index in [1.54, 1.807) is 6.92 Å². The molecule has 7 nitrogen and oxygen atoms in total. The van der Waals surface area contributed by atoms with Gasteiger partial charge in [0.25, 0.3) is 0 Å². The second kappa shape index (κ2) is 7.01. The summed E-state index contributed by atoms with van der Waals surface area (Å²) in [5, 5.41) is 10.8. The molecule has 0 aliphatic heterocycles. The van der Waals surface area contributed by atoms with Crippen LogP contribution < -0.4 is 5.56 Å². The average Bonchev–Trinajstić information content (AvgIpc) is 2.34. The van der Waals surface area contributed by atoms with Gasteiger partial charge in [-0.25, -0.2) is 0 Å². The van der Waals surface area contributed by atoms with Crippen molar-refractivity contribution in [1.29, 1.82) is 0 Å². The van der Waals surface area contributed by atoms with Gasteiger partial charge in [0.1, 0.15) is 0 Å². The lowest BCUT2D eigenvalue weighted by atomic mass is 10.3. The van der Waals surface area contributed by atoms with Crippen molar-refractivity contribution in [3.63, 3.8) is 0 Å². The number of aryl methyl sites for hydroxylation is 1. The molecule has 1 rings (SSSR count). The van der Waals surface area contributed by atoms with Crippen molar-refractivity contribution in [2.75, 3.05) is 13.2 Å². The van der Waals surface area contributed by atoms with Crippen molar-refractivity contribution in [1.82, 2.24) is 4.57 Å². The van der Waals surface area contributed by atoms with Gasteiger partial charge in [-0.1, -0.05) is 0 Å². The third-order valence-corrected chi connectivity index (χ3v) is 2.61. The molecule has 0 bridgehead atoms. The molecular weight excluding hydrogens is 252 g/mol. The minimum Gasteiger partial charge on any atom is -0.351 e. The Labute approximate surface area is 110 Å². The smallest absolute Gasteiger partial charge is 0.334 e. The summed E-state index contributed by atoms with van der Waals surface area (Å²) in [6.07, 6.45) is -0.589. The van der Waals surface area contributed by atoms with Gasteiger partial charge in [-0.3, -0.25) is 14.9 Å². The normalized spacial score (nSPS) is 10.9. The summed E-state index contributed by atoms with van der Waals surface area (Å²) in [6.45, 7) is 6.35. The molecule has 0 radical (unpaired) electrons. The molecule has 0 aromatic carbocycles. The number of rotatable bonds is 7. The number of nitro groups is 1. The summed E-state index contributed by atoms with van der Waals surface area (Å²) in [6, 6.07) is 2.75. The molecule has 0 aliphatic carbocycles. The van der Waals surface area contributed by atoms with Gasteiger partial charge in [-0.2, -0.15) is 0 Å². The molecular formula is C12H18N2O5. The third kappa shape index (κ3) is 3.87. The summed E-state index contributed by atoms with van der Waals surface area (Å²) in [7, 11) is 0. The number of hydrogen-bond acceptors (Lipinski definition) is 5. The number of nitrogens with zero attached hydrogens (tertiary/aromatic N) is 2. The lowest BCUT2D eigenvalue weighted by molar-refractivity contribution is -0.386. The average molecular weight is 270 g/mol. The van der Waals surface area contributed by atoms with Crippen LogP contribution in [-0.4, -0.2) is 29.0 Å². The summed E-state index contributed by atoms with van der Waals surface area (Å²) in [5.74, 6) is 0. The zero-order valence-electron chi connectivity index (χ0n) is 11.3. The van der Waals surface area contributed by atoms with E-state index in [0.29, 0.717) is 18.9 Å². The van der Waals surface area contributed by atoms with Crippen molar-refractivity contribution < 1.29 is 14.4 Å². The Hall–Kier alpha value is -1.73. The first-order valence-corrected chi connectivity index (χ1v) is 6.09. The van der Waals surface area contributed by atoms with Crippen molar-refractivity contribution in [2.45, 2.75) is 33.6 Å². The quantitative estimate of drug-likeness (QED) is 0.425. The van der Waals surface area contributed by atoms with Gasteiger partial charge in [0.15, 0.2) is 6.29 Å². The number of ether oxygens (including phenoxy) is 2. The molecule has 0 unspecified atom stereocenters. The first kappa shape index (κ1) is 15.3. The summed E-state index contributed by atoms with van der Waals surface area (Å²) in [5.41, 5.74) is -0.466. The topological polar surface area (TPSA) is 83.6 Å². The summed E-state index contributed by atoms with van der Waals surface area (Å²) < 4.78 is 12.0. The molecule has 1 aromatic rings. The van der Waals surface area contributed by atoms with Gasteiger partial charge in [-0.15, -0.1) is 0 Å². The van der Waals surface area contributed by atoms with Crippen molar-refractivity contribution in [2.24, 2.45) is 0 Å². The molecule has 0 amide bonds. The molecule has 0 saturated carbocycles. The molecule has 7 heteroatoms. The van der Waals surface area contributed by atoms with E-state index in [4.69, 9.17) is 9.47 Å². The highest BCUT2D eigenvalue weighted by Crippen LogP contribution is 2.08. The number of pyridine rings is 1. The maximum absolute atomic E-state index is 12.0. The highest BCUT2D eigenvalue weighted by atomic mass is 16.7. The maximum atomic E-state index is 12.0. The lowest BCUT2D eigenvalue weighted by Crippen LogP contribution is -2.32. The van der Waals surface area contributed by atoms with Crippen molar-refractivity contribution >= 4 is 5.69 Å². The van der Waals surface area contributed by atoms with Gasteiger partial charge < -0.3 is 14.0 Å². The van der Waals surface area contributed by atoms with E-state index in [1.165, 1.54) is 16.7 Å². The van der Waals surface area contributed by atoms with E-state index >= 15 is 0 Å². The molecule has 0 aliphatic rings. The SMILES string of the molecule is CCOC(Cn1c(C)ccc([N+](=O)[O-])c1=O)OCC. The standard InChI is InChI=1S/C12H18N2O5/c1-4-18-11(19-5-2)8-13-9(3)6-7-10(12(13)15)14(16)17/h6-7,11H,4-5,8H2,1-3H3. The highest BCUT2D eigenvalue weighted by Gasteiger charge is 2.18. The monoisotopic (exact) mass is 270 g/mol. The van der Waals surface area contributed by atoms with E-state index < -0.39 is 22.5 Å². The third-order valence-electron chi connectivity index (χ3n) is 2.61. The number of aromatic nitrogens is 1. The van der Waals surface area contributed by atoms with E-state index in [2.05, 4.69) is 0 Å². The van der Waals surface area contributed by atoms with E-state index in [0.717, 1.165) is 0 Å². The zero-order valence-corrected chi connectivity index (χ0v) is 11.3. The van der Waals surface area contributed by atoms with E-state index in [9.17, 15) is 14.9 Å². The first-order valence-electron chi connectivity index (χ1n) is 6.09. The van der Waals surface area contributed by atoms with Gasteiger partial charge >= 0.3 is 11.2 Å². The molecule has 0 saturated heterocycles. The minimum absolute atomic E-state index is 0.133. The van der Waals surface area contributed by atoms with E-state index in [-0.39, 0.29) is 6.54 Å². The molecule has 0 spiro atoms. The van der Waals surface area contributed by atoms with Crippen LogP contribution in [0.3, 0.4) is 0 Å². The summed E-state index contributed by atoms with van der Waals surface area (Å²) in [4.78, 5) is 22.1. The maximum Gasteiger partial charge on any atom is 0.334 e. The van der Waals surface area contributed by atoms with Crippen LogP contribution in [0.1, 0.15) is 19.5 Å². The first-order chi connectivity index (χ1) is 9.01. The number of hydrogen-bond donors (Lipinski definition) is 0. The predicted octanol–water partition coefficient (Wildman–Crippen LogP) is 1.46. The van der Waals surface area contributed by atoms with Gasteiger partial charge in [0.2, 0.25) is 0 Å². The Morgan fingerprint density at radius 3 is 2.37 bits per heavy atom. The van der Waals surface area contributed by atoms with Crippen molar-refractivity contribution in [3.8, 4) is 0 Å². The molecule has 0 fully saturated rings. The van der Waals surface area contributed by atoms with Crippen molar-refractivity contribution in [3.05, 3.63) is 38.3 Å². The minimum atomic E-state index is -0.686. The van der Waals surface area contributed by atoms with Gasteiger partial charge in [-0.05, 0) is 26.8 Å². The Bertz CT molecular complexity index is 491. The molecule has 1 heterocycles. The fourth-order valence-electron chi connectivity index (χ4n) is 1.70. The molecule has 0 N–H and O–H groups in total. The van der Waals surface area contributed by atoms with Crippen LogP contribution in [-0.2, 0) is 16.0 Å². The van der Waals surface area contributed by atoms with Crippen LogP contribution in [0.5, 0.6) is 0 Å². The Morgan fingerprint density at radius 1 is 1.32 bits per heavy atom. The summed E-state index contributed by atoms with van der Waals surface area (Å²) >= 11 is 0. The van der Waals surface area contributed by atoms with Crippen LogP contribution in [0.15, 0.2) is 16.9 Å². The molecule has 106 valence electrons. The second-order valence-corrected chi connectivity index (χ2v) is 3.87. The van der Waals surface area contributed by atoms with Gasteiger partial charge in [0, 0.05) is 25.0 Å².